The zero-order valence-electron chi connectivity index (χ0n) is 9.67. The number of nitrogens with zero attached hydrogens (tertiary/aromatic N) is 2. The zero-order chi connectivity index (χ0) is 13.0. The Balaban J connectivity index is 2.16. The van der Waals surface area contributed by atoms with Crippen LogP contribution in [0.2, 0.25) is 5.15 Å². The third-order valence-corrected chi connectivity index (χ3v) is 4.29. The van der Waals surface area contributed by atoms with Gasteiger partial charge in [-0.25, -0.2) is 9.97 Å². The van der Waals surface area contributed by atoms with Gasteiger partial charge in [-0.15, -0.1) is 0 Å². The molecule has 0 bridgehead atoms. The molecule has 2 aromatic rings. The van der Waals surface area contributed by atoms with E-state index < -0.39 is 11.2 Å². The predicted octanol–water partition coefficient (Wildman–Crippen LogP) is 3.16. The lowest BCUT2D eigenvalue weighted by molar-refractivity contribution is 0.593. The fourth-order valence-electron chi connectivity index (χ4n) is 1.40. The van der Waals surface area contributed by atoms with Crippen LogP contribution in [-0.4, -0.2) is 20.8 Å². The van der Waals surface area contributed by atoms with Gasteiger partial charge in [-0.2, -0.15) is 0 Å². The van der Waals surface area contributed by atoms with Crippen LogP contribution in [-0.2, 0) is 16.9 Å². The van der Waals surface area contributed by atoms with Crippen LogP contribution in [0.4, 0.5) is 0 Å². The van der Waals surface area contributed by atoms with E-state index in [1.54, 1.807) is 6.07 Å². The Labute approximate surface area is 118 Å². The standard InChI is InChI=1S/C12H11ClN2OS2/c1-17-12-14-9(7-11(13)15-12)8-18(16)10-5-3-2-4-6-10/h2-7H,8H2,1H3. The largest absolute Gasteiger partial charge is 0.611 e. The van der Waals surface area contributed by atoms with Gasteiger partial charge in [-0.1, -0.05) is 41.6 Å². The molecule has 1 heterocycles. The molecule has 18 heavy (non-hydrogen) atoms. The van der Waals surface area contributed by atoms with Gasteiger partial charge in [-0.3, -0.25) is 0 Å². The minimum atomic E-state index is -1.11. The molecule has 1 aromatic heterocycles. The molecule has 0 aliphatic carbocycles. The maximum absolute atomic E-state index is 12.1. The average Bonchev–Trinajstić information content (AvgIpc) is 2.39. The second-order valence-corrected chi connectivity index (χ2v) is 6.08. The van der Waals surface area contributed by atoms with Crippen LogP contribution in [0.1, 0.15) is 5.69 Å². The highest BCUT2D eigenvalue weighted by Gasteiger charge is 2.13. The summed E-state index contributed by atoms with van der Waals surface area (Å²) in [6.07, 6.45) is 1.88. The van der Waals surface area contributed by atoms with Crippen LogP contribution in [0, 0.1) is 0 Å². The van der Waals surface area contributed by atoms with Gasteiger partial charge in [0.1, 0.15) is 5.15 Å². The molecule has 0 saturated heterocycles. The number of thioether (sulfide) groups is 1. The maximum Gasteiger partial charge on any atom is 0.189 e. The summed E-state index contributed by atoms with van der Waals surface area (Å²) < 4.78 is 12.1. The molecule has 1 atom stereocenters. The molecule has 0 fully saturated rings. The molecular weight excluding hydrogens is 288 g/mol. The molecule has 0 saturated carbocycles. The molecule has 0 aliphatic rings. The first-order valence-electron chi connectivity index (χ1n) is 5.20. The molecule has 1 unspecified atom stereocenters. The summed E-state index contributed by atoms with van der Waals surface area (Å²) in [5, 5.41) is 0.983. The van der Waals surface area contributed by atoms with E-state index in [-0.39, 0.29) is 0 Å². The summed E-state index contributed by atoms with van der Waals surface area (Å²) >= 11 is 6.20. The fourth-order valence-corrected chi connectivity index (χ4v) is 3.09. The summed E-state index contributed by atoms with van der Waals surface area (Å²) in [4.78, 5) is 9.13. The van der Waals surface area contributed by atoms with Crippen LogP contribution in [0.25, 0.3) is 0 Å². The summed E-state index contributed by atoms with van der Waals surface area (Å²) in [6, 6.07) is 11.0. The van der Waals surface area contributed by atoms with Crippen molar-refractivity contribution in [2.24, 2.45) is 0 Å². The molecule has 1 aromatic carbocycles. The molecule has 0 spiro atoms. The second-order valence-electron chi connectivity index (χ2n) is 3.47. The highest BCUT2D eigenvalue weighted by atomic mass is 35.5. The average molecular weight is 299 g/mol. The van der Waals surface area contributed by atoms with Crippen LogP contribution >= 0.6 is 23.4 Å². The molecule has 0 aliphatic heterocycles. The van der Waals surface area contributed by atoms with E-state index in [4.69, 9.17) is 11.6 Å². The van der Waals surface area contributed by atoms with E-state index in [0.29, 0.717) is 21.8 Å². The van der Waals surface area contributed by atoms with E-state index in [9.17, 15) is 4.55 Å². The highest BCUT2D eigenvalue weighted by Crippen LogP contribution is 2.19. The van der Waals surface area contributed by atoms with Crippen molar-refractivity contribution in [1.29, 1.82) is 0 Å². The van der Waals surface area contributed by atoms with Gasteiger partial charge in [0.05, 0.1) is 5.69 Å². The highest BCUT2D eigenvalue weighted by molar-refractivity contribution is 7.98. The van der Waals surface area contributed by atoms with Gasteiger partial charge in [0.15, 0.2) is 15.8 Å². The van der Waals surface area contributed by atoms with Crippen molar-refractivity contribution in [2.75, 3.05) is 6.26 Å². The van der Waals surface area contributed by atoms with Gasteiger partial charge in [0.2, 0.25) is 0 Å². The van der Waals surface area contributed by atoms with Crippen LogP contribution in [0.15, 0.2) is 46.5 Å². The van der Waals surface area contributed by atoms with Gasteiger partial charge in [0, 0.05) is 6.07 Å². The molecule has 3 nitrogen and oxygen atoms in total. The molecule has 0 amide bonds. The van der Waals surface area contributed by atoms with Crippen LogP contribution in [0.3, 0.4) is 0 Å². The van der Waals surface area contributed by atoms with Crippen molar-refractivity contribution in [1.82, 2.24) is 9.97 Å². The number of rotatable bonds is 4. The topological polar surface area (TPSA) is 48.8 Å². The Hall–Kier alpha value is -0.750. The summed E-state index contributed by atoms with van der Waals surface area (Å²) in [6.45, 7) is 0. The number of halogens is 1. The molecule has 6 heteroatoms. The Bertz CT molecular complexity index is 525. The molecule has 0 radical (unpaired) electrons. The minimum Gasteiger partial charge on any atom is -0.611 e. The normalized spacial score (nSPS) is 12.4. The Morgan fingerprint density at radius 1 is 1.28 bits per heavy atom. The quantitative estimate of drug-likeness (QED) is 0.376. The number of hydrogen-bond donors (Lipinski definition) is 0. The third-order valence-electron chi connectivity index (χ3n) is 2.20. The van der Waals surface area contributed by atoms with Crippen molar-refractivity contribution in [3.8, 4) is 0 Å². The monoisotopic (exact) mass is 298 g/mol. The van der Waals surface area contributed by atoms with E-state index in [1.165, 1.54) is 11.8 Å². The minimum absolute atomic E-state index is 0.347. The molecule has 94 valence electrons. The lowest BCUT2D eigenvalue weighted by atomic mass is 10.4. The molecular formula is C12H11ClN2OS2. The summed E-state index contributed by atoms with van der Waals surface area (Å²) in [7, 11) is 0. The van der Waals surface area contributed by atoms with E-state index >= 15 is 0 Å². The number of hydrogen-bond acceptors (Lipinski definition) is 4. The Kier molecular flexibility index (Phi) is 4.88. The van der Waals surface area contributed by atoms with Crippen molar-refractivity contribution in [2.45, 2.75) is 15.8 Å². The lowest BCUT2D eigenvalue weighted by Crippen LogP contribution is -2.07. The summed E-state index contributed by atoms with van der Waals surface area (Å²) in [5.74, 6) is 0.347. The predicted molar refractivity (Wildman–Crippen MR) is 75.4 cm³/mol. The van der Waals surface area contributed by atoms with E-state index in [2.05, 4.69) is 9.97 Å². The first-order chi connectivity index (χ1) is 8.69. The van der Waals surface area contributed by atoms with Crippen molar-refractivity contribution in [3.05, 3.63) is 47.2 Å². The Morgan fingerprint density at radius 2 is 2.00 bits per heavy atom. The van der Waals surface area contributed by atoms with Gasteiger partial charge >= 0.3 is 0 Å². The summed E-state index contributed by atoms with van der Waals surface area (Å²) in [5.41, 5.74) is 0.696. The maximum atomic E-state index is 12.1. The molecule has 0 N–H and O–H groups in total. The molecule has 2 rings (SSSR count). The van der Waals surface area contributed by atoms with E-state index in [1.807, 2.05) is 36.6 Å². The number of aromatic nitrogens is 2. The number of benzene rings is 1. The first-order valence-corrected chi connectivity index (χ1v) is 8.12. The van der Waals surface area contributed by atoms with Crippen molar-refractivity contribution >= 4 is 34.5 Å². The van der Waals surface area contributed by atoms with Crippen molar-refractivity contribution in [3.63, 3.8) is 0 Å². The zero-order valence-corrected chi connectivity index (χ0v) is 12.1. The van der Waals surface area contributed by atoms with Crippen molar-refractivity contribution < 1.29 is 4.55 Å². The SMILES string of the molecule is CSc1nc(Cl)cc(C[S+]([O-])c2ccccc2)n1. The van der Waals surface area contributed by atoms with Gasteiger partial charge in [-0.05, 0) is 29.6 Å². The fraction of sp³-hybridized carbons (Fsp3) is 0.167. The lowest BCUT2D eigenvalue weighted by Gasteiger charge is -2.10. The van der Waals surface area contributed by atoms with Crippen LogP contribution < -0.4 is 0 Å². The van der Waals surface area contributed by atoms with Gasteiger partial charge in [0.25, 0.3) is 0 Å². The van der Waals surface area contributed by atoms with Crippen LogP contribution in [0.5, 0.6) is 0 Å². The van der Waals surface area contributed by atoms with E-state index in [0.717, 1.165) is 4.90 Å². The smallest absolute Gasteiger partial charge is 0.189 e. The first kappa shape index (κ1) is 13.7. The second kappa shape index (κ2) is 6.43. The third kappa shape index (κ3) is 3.62. The van der Waals surface area contributed by atoms with Gasteiger partial charge < -0.3 is 4.55 Å². The Morgan fingerprint density at radius 3 is 2.67 bits per heavy atom.